The van der Waals surface area contributed by atoms with Crippen molar-refractivity contribution >= 4 is 16.8 Å². The summed E-state index contributed by atoms with van der Waals surface area (Å²) in [5.41, 5.74) is 0. The molecule has 4 heteroatoms. The lowest BCUT2D eigenvalue weighted by Gasteiger charge is -1.87. The maximum absolute atomic E-state index is 10.0. The van der Waals surface area contributed by atoms with E-state index in [2.05, 4.69) is 7.12 Å². The average Bonchev–Trinajstić information content (AvgIpc) is 1.30. The van der Waals surface area contributed by atoms with Gasteiger partial charge in [0.1, 0.15) is 0 Å². The zero-order valence-corrected chi connectivity index (χ0v) is 5.03. The van der Waals surface area contributed by atoms with Gasteiger partial charge in [-0.2, -0.15) is 0 Å². The van der Waals surface area contributed by atoms with Gasteiger partial charge in [0.25, 0.3) is 7.12 Å². The molecule has 0 saturated carbocycles. The molecule has 0 unspecified atom stereocenters. The van der Waals surface area contributed by atoms with Crippen molar-refractivity contribution in [2.75, 3.05) is 5.75 Å². The van der Waals surface area contributed by atoms with Gasteiger partial charge < -0.3 is 0 Å². The normalized spacial score (nSPS) is 11.6. The van der Waals surface area contributed by atoms with Crippen LogP contribution in [0.5, 0.6) is 0 Å². The van der Waals surface area contributed by atoms with Gasteiger partial charge in [0.2, 0.25) is 0 Å². The molecule has 2 radical (unpaired) electrons. The zero-order chi connectivity index (χ0) is 5.91. The second-order valence-corrected chi connectivity index (χ2v) is 3.10. The molecule has 0 bridgehead atoms. The first-order valence-electron chi connectivity index (χ1n) is 2.06. The van der Waals surface area contributed by atoms with Gasteiger partial charge >= 0.3 is 0 Å². The van der Waals surface area contributed by atoms with Gasteiger partial charge in [-0.05, 0) is 6.42 Å². The van der Waals surface area contributed by atoms with Crippen molar-refractivity contribution in [3.05, 3.63) is 0 Å². The van der Waals surface area contributed by atoms with Gasteiger partial charge in [0.05, 0.1) is 9.69 Å². The third kappa shape index (κ3) is 6.01. The molecule has 0 aliphatic carbocycles. The summed E-state index contributed by atoms with van der Waals surface area (Å²) >= 11 is 0. The first-order chi connectivity index (χ1) is 3.06. The molecule has 0 fully saturated rings. The Bertz CT molecular complexity index is 126. The molecule has 40 valence electrons. The maximum atomic E-state index is 10.0. The van der Waals surface area contributed by atoms with Crippen LogP contribution in [0.15, 0.2) is 0 Å². The van der Waals surface area contributed by atoms with Gasteiger partial charge in [-0.1, -0.05) is 6.92 Å². The molecule has 0 aromatic rings. The molecule has 0 aliphatic heterocycles. The van der Waals surface area contributed by atoms with E-state index in [9.17, 15) is 8.42 Å². The van der Waals surface area contributed by atoms with Crippen LogP contribution in [-0.2, 0) is 9.69 Å². The molecule has 0 N–H and O–H groups in total. The summed E-state index contributed by atoms with van der Waals surface area (Å²) in [5.74, 6) is 0.0903. The lowest BCUT2D eigenvalue weighted by Crippen LogP contribution is -2.02. The smallest absolute Gasteiger partial charge is 0.243 e. The number of hydrogen-bond acceptors (Lipinski definition) is 2. The van der Waals surface area contributed by atoms with E-state index in [1.54, 1.807) is 6.92 Å². The lowest BCUT2D eigenvalue weighted by molar-refractivity contribution is 0.608. The highest BCUT2D eigenvalue weighted by Crippen LogP contribution is 1.83. The summed E-state index contributed by atoms with van der Waals surface area (Å²) in [6, 6.07) is 0. The van der Waals surface area contributed by atoms with Crippen molar-refractivity contribution < 1.29 is 8.42 Å². The van der Waals surface area contributed by atoms with E-state index >= 15 is 0 Å². The first kappa shape index (κ1) is 7.01. The number of hydrogen-bond donors (Lipinski definition) is 0. The summed E-state index contributed by atoms with van der Waals surface area (Å²) in [6.07, 6.45) is 0.596. The molecule has 7 heavy (non-hydrogen) atoms. The third-order valence-corrected chi connectivity index (χ3v) is 1.47. The van der Waals surface area contributed by atoms with E-state index in [1.807, 2.05) is 0 Å². The van der Waals surface area contributed by atoms with Gasteiger partial charge in [-0.15, -0.1) is 0 Å². The van der Waals surface area contributed by atoms with Crippen molar-refractivity contribution in [3.63, 3.8) is 0 Å². The van der Waals surface area contributed by atoms with Crippen LogP contribution in [0.1, 0.15) is 13.3 Å². The van der Waals surface area contributed by atoms with Crippen LogP contribution < -0.4 is 0 Å². The summed E-state index contributed by atoms with van der Waals surface area (Å²) in [6.45, 7) is 1.77. The van der Waals surface area contributed by atoms with Gasteiger partial charge in [-0.3, -0.25) is 0 Å². The van der Waals surface area contributed by atoms with Crippen molar-refractivity contribution in [1.29, 1.82) is 0 Å². The summed E-state index contributed by atoms with van der Waals surface area (Å²) in [7, 11) is 1.44. The van der Waals surface area contributed by atoms with Crippen LogP contribution in [0.2, 0.25) is 0 Å². The highest BCUT2D eigenvalue weighted by atomic mass is 32.2. The molecule has 0 atom stereocenters. The fourth-order valence-electron chi connectivity index (χ4n) is 0.285. The second kappa shape index (κ2) is 2.35. The minimum absolute atomic E-state index is 0.0903. The largest absolute Gasteiger partial charge is 0.254 e. The Hall–Kier alpha value is 0.0149. The molecule has 0 aromatic carbocycles. The molecule has 0 amide bonds. The fraction of sp³-hybridized carbons (Fsp3) is 1.00. The van der Waals surface area contributed by atoms with Crippen LogP contribution in [-0.4, -0.2) is 21.3 Å². The van der Waals surface area contributed by atoms with Crippen LogP contribution >= 0.6 is 0 Å². The van der Waals surface area contributed by atoms with Crippen molar-refractivity contribution in [1.82, 2.24) is 0 Å². The minimum Gasteiger partial charge on any atom is -0.243 e. The van der Waals surface area contributed by atoms with Crippen LogP contribution in [0.3, 0.4) is 0 Å². The quantitative estimate of drug-likeness (QED) is 0.474. The SMILES string of the molecule is [B]S(=O)(=O)CCC. The molecular weight excluding hydrogens is 111 g/mol. The monoisotopic (exact) mass is 118 g/mol. The lowest BCUT2D eigenvalue weighted by atomic mass is 10.6. The first-order valence-corrected chi connectivity index (χ1v) is 3.78. The summed E-state index contributed by atoms with van der Waals surface area (Å²) < 4.78 is 20.0. The topological polar surface area (TPSA) is 34.1 Å². The Morgan fingerprint density at radius 2 is 2.00 bits per heavy atom. The van der Waals surface area contributed by atoms with Crippen molar-refractivity contribution in [2.24, 2.45) is 0 Å². The summed E-state index contributed by atoms with van der Waals surface area (Å²) in [4.78, 5) is 0. The van der Waals surface area contributed by atoms with E-state index in [0.717, 1.165) is 0 Å². The molecule has 0 aliphatic rings. The van der Waals surface area contributed by atoms with E-state index in [0.29, 0.717) is 6.42 Å². The second-order valence-electron chi connectivity index (χ2n) is 1.37. The van der Waals surface area contributed by atoms with Gasteiger partial charge in [-0.25, -0.2) is 8.42 Å². The fourth-order valence-corrected chi connectivity index (χ4v) is 0.854. The molecule has 0 rings (SSSR count). The predicted molar refractivity (Wildman–Crippen MR) is 29.8 cm³/mol. The number of rotatable bonds is 2. The van der Waals surface area contributed by atoms with Crippen LogP contribution in [0, 0.1) is 0 Å². The predicted octanol–water partition coefficient (Wildman–Crippen LogP) is -0.105. The van der Waals surface area contributed by atoms with E-state index in [-0.39, 0.29) is 5.75 Å². The Morgan fingerprint density at radius 1 is 1.57 bits per heavy atom. The Balaban J connectivity index is 3.60. The highest BCUT2D eigenvalue weighted by Gasteiger charge is 1.95. The molecule has 0 saturated heterocycles. The molecule has 0 aromatic heterocycles. The Morgan fingerprint density at radius 3 is 2.00 bits per heavy atom. The van der Waals surface area contributed by atoms with Gasteiger partial charge in [0, 0.05) is 5.75 Å². The van der Waals surface area contributed by atoms with Crippen LogP contribution in [0.4, 0.5) is 0 Å². The molecule has 2 nitrogen and oxygen atoms in total. The highest BCUT2D eigenvalue weighted by molar-refractivity contribution is 8.12. The summed E-state index contributed by atoms with van der Waals surface area (Å²) in [5, 5.41) is 0. The molecule has 0 heterocycles. The standard InChI is InChI=1S/C3H7BO2S/c1-2-3-7(4,5)6/h2-3H2,1H3. The molecular formula is C3H7BO2S. The van der Waals surface area contributed by atoms with E-state index in [1.165, 1.54) is 0 Å². The Labute approximate surface area is 45.1 Å². The van der Waals surface area contributed by atoms with Crippen LogP contribution in [0.25, 0.3) is 0 Å². The minimum atomic E-state index is -3.17. The van der Waals surface area contributed by atoms with Crippen molar-refractivity contribution in [2.45, 2.75) is 13.3 Å². The van der Waals surface area contributed by atoms with Gasteiger partial charge in [0.15, 0.2) is 0 Å². The third-order valence-electron chi connectivity index (χ3n) is 0.489. The van der Waals surface area contributed by atoms with E-state index in [4.69, 9.17) is 0 Å². The zero-order valence-electron chi connectivity index (χ0n) is 4.22. The van der Waals surface area contributed by atoms with E-state index < -0.39 is 9.69 Å². The average molecular weight is 118 g/mol. The molecule has 0 spiro atoms. The maximum Gasteiger partial charge on any atom is 0.254 e. The Kier molecular flexibility index (Phi) is 2.36. The van der Waals surface area contributed by atoms with Crippen molar-refractivity contribution in [3.8, 4) is 0 Å².